The standard InChI is InChI=1S/C14H9N3O3S2/c18-13-12(15-14(21)22-13)8-10-5-2-6-16(10)9-3-1-4-11(7-9)17(19)20/h1-8H,(H,15,21)/b12-8-. The van der Waals surface area contributed by atoms with Gasteiger partial charge in [0.25, 0.3) is 5.69 Å². The Morgan fingerprint density at radius 1 is 1.32 bits per heavy atom. The number of carbonyl (C=O) groups is 1. The average molecular weight is 331 g/mol. The highest BCUT2D eigenvalue weighted by molar-refractivity contribution is 8.33. The molecule has 0 aliphatic carbocycles. The lowest BCUT2D eigenvalue weighted by Gasteiger charge is -2.07. The van der Waals surface area contributed by atoms with Crippen LogP contribution in [0.2, 0.25) is 0 Å². The zero-order valence-electron chi connectivity index (χ0n) is 11.1. The molecule has 2 aromatic rings. The van der Waals surface area contributed by atoms with E-state index in [1.807, 2.05) is 6.07 Å². The molecule has 1 aliphatic rings. The molecule has 0 radical (unpaired) electrons. The summed E-state index contributed by atoms with van der Waals surface area (Å²) in [5.74, 6) is 0. The zero-order valence-corrected chi connectivity index (χ0v) is 12.7. The van der Waals surface area contributed by atoms with Crippen LogP contribution in [0.5, 0.6) is 0 Å². The molecule has 22 heavy (non-hydrogen) atoms. The van der Waals surface area contributed by atoms with Gasteiger partial charge in [-0.05, 0) is 36.0 Å². The Morgan fingerprint density at radius 2 is 2.14 bits per heavy atom. The molecule has 1 aromatic carbocycles. The summed E-state index contributed by atoms with van der Waals surface area (Å²) in [7, 11) is 0. The number of nitrogens with one attached hydrogen (secondary N) is 1. The Kier molecular flexibility index (Phi) is 3.78. The Morgan fingerprint density at radius 3 is 2.82 bits per heavy atom. The van der Waals surface area contributed by atoms with Crippen molar-refractivity contribution in [3.05, 3.63) is 64.1 Å². The van der Waals surface area contributed by atoms with Crippen LogP contribution in [0.25, 0.3) is 11.8 Å². The lowest BCUT2D eigenvalue weighted by molar-refractivity contribution is -0.384. The van der Waals surface area contributed by atoms with Gasteiger partial charge in [-0.2, -0.15) is 0 Å². The van der Waals surface area contributed by atoms with E-state index in [4.69, 9.17) is 12.2 Å². The minimum Gasteiger partial charge on any atom is -0.337 e. The fourth-order valence-electron chi connectivity index (χ4n) is 2.07. The maximum atomic E-state index is 11.7. The van der Waals surface area contributed by atoms with Crippen LogP contribution in [0.3, 0.4) is 0 Å². The van der Waals surface area contributed by atoms with Crippen LogP contribution in [0.1, 0.15) is 5.69 Å². The molecular weight excluding hydrogens is 322 g/mol. The van der Waals surface area contributed by atoms with Crippen LogP contribution in [-0.2, 0) is 4.79 Å². The number of rotatable bonds is 3. The predicted molar refractivity (Wildman–Crippen MR) is 88.7 cm³/mol. The number of nitrogens with zero attached hydrogens (tertiary/aromatic N) is 2. The maximum absolute atomic E-state index is 11.7. The first-order valence-electron chi connectivity index (χ1n) is 6.21. The maximum Gasteiger partial charge on any atom is 0.271 e. The van der Waals surface area contributed by atoms with Gasteiger partial charge in [0.15, 0.2) is 0 Å². The van der Waals surface area contributed by atoms with Gasteiger partial charge in [0.1, 0.15) is 4.32 Å². The molecule has 0 saturated carbocycles. The topological polar surface area (TPSA) is 77.2 Å². The molecule has 1 saturated heterocycles. The number of benzene rings is 1. The second-order valence-corrected chi connectivity index (χ2v) is 6.09. The van der Waals surface area contributed by atoms with E-state index in [0.717, 1.165) is 17.5 Å². The Bertz CT molecular complexity index is 826. The summed E-state index contributed by atoms with van der Waals surface area (Å²) in [5, 5.41) is 13.6. The first kappa shape index (κ1) is 14.5. The van der Waals surface area contributed by atoms with Crippen LogP contribution in [0.4, 0.5) is 5.69 Å². The number of carbonyl (C=O) groups excluding carboxylic acids is 1. The number of nitro groups is 1. The van der Waals surface area contributed by atoms with Crippen molar-refractivity contribution in [1.29, 1.82) is 0 Å². The molecule has 1 aromatic heterocycles. The molecule has 110 valence electrons. The summed E-state index contributed by atoms with van der Waals surface area (Å²) < 4.78 is 2.19. The van der Waals surface area contributed by atoms with E-state index in [0.29, 0.717) is 15.7 Å². The normalized spacial score (nSPS) is 16.1. The number of hydrogen-bond acceptors (Lipinski definition) is 5. The Balaban J connectivity index is 2.01. The van der Waals surface area contributed by atoms with Gasteiger partial charge >= 0.3 is 0 Å². The van der Waals surface area contributed by atoms with Gasteiger partial charge in [-0.3, -0.25) is 14.9 Å². The van der Waals surface area contributed by atoms with Crippen molar-refractivity contribution in [3.63, 3.8) is 0 Å². The van der Waals surface area contributed by atoms with Crippen LogP contribution < -0.4 is 5.32 Å². The van der Waals surface area contributed by atoms with Crippen LogP contribution in [-0.4, -0.2) is 18.9 Å². The van der Waals surface area contributed by atoms with Gasteiger partial charge in [0.05, 0.1) is 16.3 Å². The number of thiocarbonyl (C=S) groups is 1. The summed E-state index contributed by atoms with van der Waals surface area (Å²) in [6.07, 6.45) is 3.45. The molecule has 1 N–H and O–H groups in total. The SMILES string of the molecule is O=C1SC(=S)N/C1=C\c1cccn1-c1cccc([N+](=O)[O-])c1. The predicted octanol–water partition coefficient (Wildman–Crippen LogP) is 2.87. The summed E-state index contributed by atoms with van der Waals surface area (Å²) >= 11 is 5.92. The third-order valence-electron chi connectivity index (χ3n) is 3.03. The van der Waals surface area contributed by atoms with E-state index in [1.165, 1.54) is 12.1 Å². The molecular formula is C14H9N3O3S2. The first-order chi connectivity index (χ1) is 10.5. The largest absolute Gasteiger partial charge is 0.337 e. The Labute approximate surface area is 135 Å². The second kappa shape index (κ2) is 5.74. The van der Waals surface area contributed by atoms with Gasteiger partial charge in [0.2, 0.25) is 5.12 Å². The number of hydrogen-bond donors (Lipinski definition) is 1. The minimum atomic E-state index is -0.442. The van der Waals surface area contributed by atoms with E-state index < -0.39 is 4.92 Å². The van der Waals surface area contributed by atoms with Gasteiger partial charge in [-0.15, -0.1) is 0 Å². The summed E-state index contributed by atoms with van der Waals surface area (Å²) in [4.78, 5) is 22.2. The fraction of sp³-hybridized carbons (Fsp3) is 0. The van der Waals surface area contributed by atoms with E-state index in [9.17, 15) is 14.9 Å². The smallest absolute Gasteiger partial charge is 0.271 e. The van der Waals surface area contributed by atoms with Crippen LogP contribution in [0, 0.1) is 10.1 Å². The third-order valence-corrected chi connectivity index (χ3v) is 4.08. The van der Waals surface area contributed by atoms with Crippen LogP contribution >= 0.6 is 24.0 Å². The molecule has 0 spiro atoms. The van der Waals surface area contributed by atoms with Gasteiger partial charge < -0.3 is 9.88 Å². The van der Waals surface area contributed by atoms with Crippen molar-refractivity contribution in [2.24, 2.45) is 0 Å². The first-order valence-corrected chi connectivity index (χ1v) is 7.44. The summed E-state index contributed by atoms with van der Waals surface area (Å²) in [6.45, 7) is 0. The van der Waals surface area contributed by atoms with Crippen molar-refractivity contribution >= 4 is 45.2 Å². The molecule has 0 atom stereocenters. The van der Waals surface area contributed by atoms with E-state index in [-0.39, 0.29) is 10.8 Å². The molecule has 6 nitrogen and oxygen atoms in total. The van der Waals surface area contributed by atoms with Gasteiger partial charge in [-0.25, -0.2) is 0 Å². The lowest BCUT2D eigenvalue weighted by Crippen LogP contribution is -2.10. The molecule has 1 fully saturated rings. The third kappa shape index (κ3) is 2.78. The van der Waals surface area contributed by atoms with E-state index in [2.05, 4.69) is 5.32 Å². The van der Waals surface area contributed by atoms with Crippen molar-refractivity contribution in [3.8, 4) is 5.69 Å². The van der Waals surface area contributed by atoms with Gasteiger partial charge in [0, 0.05) is 24.0 Å². The molecule has 0 bridgehead atoms. The monoisotopic (exact) mass is 331 g/mol. The molecule has 8 heteroatoms. The number of thioether (sulfide) groups is 1. The van der Waals surface area contributed by atoms with Crippen LogP contribution in [0.15, 0.2) is 48.3 Å². The highest BCUT2D eigenvalue weighted by Crippen LogP contribution is 2.23. The molecule has 0 amide bonds. The van der Waals surface area contributed by atoms with Crippen molar-refractivity contribution in [2.75, 3.05) is 0 Å². The fourth-order valence-corrected chi connectivity index (χ4v) is 2.96. The average Bonchev–Trinajstić information content (AvgIpc) is 3.06. The molecule has 3 rings (SSSR count). The number of nitro benzene ring substituents is 1. The molecule has 0 unspecified atom stereocenters. The Hall–Kier alpha value is -2.45. The quantitative estimate of drug-likeness (QED) is 0.403. The van der Waals surface area contributed by atoms with Crippen molar-refractivity contribution < 1.29 is 9.72 Å². The summed E-state index contributed by atoms with van der Waals surface area (Å²) in [5.41, 5.74) is 1.78. The number of aromatic nitrogens is 1. The highest BCUT2D eigenvalue weighted by atomic mass is 32.2. The van der Waals surface area contributed by atoms with Crippen molar-refractivity contribution in [2.45, 2.75) is 0 Å². The highest BCUT2D eigenvalue weighted by Gasteiger charge is 2.22. The minimum absolute atomic E-state index is 0.0107. The molecule has 2 heterocycles. The van der Waals surface area contributed by atoms with Gasteiger partial charge in [-0.1, -0.05) is 18.3 Å². The van der Waals surface area contributed by atoms with Crippen molar-refractivity contribution in [1.82, 2.24) is 9.88 Å². The molecule has 1 aliphatic heterocycles. The van der Waals surface area contributed by atoms with E-state index in [1.54, 1.807) is 35.0 Å². The lowest BCUT2D eigenvalue weighted by atomic mass is 10.2. The zero-order chi connectivity index (χ0) is 15.7. The second-order valence-electron chi connectivity index (χ2n) is 4.44. The summed E-state index contributed by atoms with van der Waals surface area (Å²) in [6, 6.07) is 9.91. The van der Waals surface area contributed by atoms with E-state index >= 15 is 0 Å². The number of non-ortho nitro benzene ring substituents is 1.